The molecule has 0 aromatic heterocycles. The Balaban J connectivity index is 2.30. The molecular weight excluding hydrogens is 332 g/mol. The van der Waals surface area contributed by atoms with Crippen LogP contribution < -0.4 is 9.47 Å². The van der Waals surface area contributed by atoms with Crippen LogP contribution in [-0.4, -0.2) is 63.9 Å². The number of amides is 1. The zero-order valence-corrected chi connectivity index (χ0v) is 15.4. The Morgan fingerprint density at radius 1 is 1.08 bits per heavy atom. The topological polar surface area (TPSA) is 76.2 Å². The quantitative estimate of drug-likeness (QED) is 0.794. The van der Waals surface area contributed by atoms with Crippen LogP contribution >= 0.6 is 0 Å². The Hall–Kier alpha value is -1.80. The molecule has 0 saturated carbocycles. The highest BCUT2D eigenvalue weighted by Gasteiger charge is 2.32. The second kappa shape index (κ2) is 7.40. The molecule has 8 heteroatoms. The smallest absolute Gasteiger partial charge is 0.247 e. The SMILES string of the molecule is CCC(=O)N1CCN(S(=O)(=O)c2cc(OC)c(C)cc2OC)CC1. The molecule has 0 atom stereocenters. The average molecular weight is 356 g/mol. The van der Waals surface area contributed by atoms with Gasteiger partial charge in [-0.05, 0) is 18.6 Å². The summed E-state index contributed by atoms with van der Waals surface area (Å²) in [5.74, 6) is 0.830. The van der Waals surface area contributed by atoms with Crippen LogP contribution in [0.1, 0.15) is 18.9 Å². The molecule has 0 bridgehead atoms. The van der Waals surface area contributed by atoms with Crippen LogP contribution in [0, 0.1) is 6.92 Å². The Morgan fingerprint density at radius 2 is 1.67 bits per heavy atom. The minimum Gasteiger partial charge on any atom is -0.496 e. The Kier molecular flexibility index (Phi) is 5.71. The fourth-order valence-electron chi connectivity index (χ4n) is 2.76. The van der Waals surface area contributed by atoms with Gasteiger partial charge in [0, 0.05) is 38.7 Å². The number of ether oxygens (including phenoxy) is 2. The van der Waals surface area contributed by atoms with E-state index in [9.17, 15) is 13.2 Å². The van der Waals surface area contributed by atoms with Crippen molar-refractivity contribution in [3.8, 4) is 11.5 Å². The number of carbonyl (C=O) groups excluding carboxylic acids is 1. The first-order valence-electron chi connectivity index (χ1n) is 7.85. The van der Waals surface area contributed by atoms with Crippen LogP contribution in [0.25, 0.3) is 0 Å². The highest BCUT2D eigenvalue weighted by atomic mass is 32.2. The number of nitrogens with zero attached hydrogens (tertiary/aromatic N) is 2. The summed E-state index contributed by atoms with van der Waals surface area (Å²) in [6.45, 7) is 4.97. The van der Waals surface area contributed by atoms with Gasteiger partial charge in [-0.15, -0.1) is 0 Å². The van der Waals surface area contributed by atoms with Crippen molar-refractivity contribution in [3.05, 3.63) is 17.7 Å². The first kappa shape index (κ1) is 18.5. The number of hydrogen-bond donors (Lipinski definition) is 0. The van der Waals surface area contributed by atoms with E-state index >= 15 is 0 Å². The third-order valence-electron chi connectivity index (χ3n) is 4.19. The summed E-state index contributed by atoms with van der Waals surface area (Å²) < 4.78 is 37.8. The molecule has 0 aliphatic carbocycles. The van der Waals surface area contributed by atoms with E-state index in [2.05, 4.69) is 0 Å². The number of benzene rings is 1. The zero-order valence-electron chi connectivity index (χ0n) is 14.5. The van der Waals surface area contributed by atoms with E-state index in [4.69, 9.17) is 9.47 Å². The minimum absolute atomic E-state index is 0.0432. The molecule has 1 aromatic carbocycles. The molecule has 1 saturated heterocycles. The summed E-state index contributed by atoms with van der Waals surface area (Å²) in [4.78, 5) is 13.5. The van der Waals surface area contributed by atoms with Crippen molar-refractivity contribution in [2.75, 3.05) is 40.4 Å². The molecule has 7 nitrogen and oxygen atoms in total. The maximum atomic E-state index is 13.0. The normalized spacial score (nSPS) is 16.1. The Labute approximate surface area is 143 Å². The molecule has 1 amide bonds. The van der Waals surface area contributed by atoms with Gasteiger partial charge in [0.25, 0.3) is 0 Å². The van der Waals surface area contributed by atoms with Crippen LogP contribution in [0.5, 0.6) is 11.5 Å². The molecule has 1 aromatic rings. The number of carbonyl (C=O) groups is 1. The minimum atomic E-state index is -3.72. The summed E-state index contributed by atoms with van der Waals surface area (Å²) in [7, 11) is -0.777. The largest absolute Gasteiger partial charge is 0.496 e. The van der Waals surface area contributed by atoms with Gasteiger partial charge in [0.15, 0.2) is 0 Å². The summed E-state index contributed by atoms with van der Waals surface area (Å²) in [5.41, 5.74) is 0.798. The van der Waals surface area contributed by atoms with E-state index in [1.807, 2.05) is 6.92 Å². The number of aryl methyl sites for hydroxylation is 1. The van der Waals surface area contributed by atoms with Gasteiger partial charge in [-0.25, -0.2) is 8.42 Å². The fourth-order valence-corrected chi connectivity index (χ4v) is 4.34. The van der Waals surface area contributed by atoms with Gasteiger partial charge in [0.1, 0.15) is 16.4 Å². The van der Waals surface area contributed by atoms with Gasteiger partial charge in [-0.3, -0.25) is 4.79 Å². The van der Waals surface area contributed by atoms with E-state index < -0.39 is 10.0 Å². The summed E-state index contributed by atoms with van der Waals surface area (Å²) in [6.07, 6.45) is 0.426. The third kappa shape index (κ3) is 3.49. The molecular formula is C16H24N2O5S. The molecule has 1 heterocycles. The lowest BCUT2D eigenvalue weighted by Crippen LogP contribution is -2.50. The monoisotopic (exact) mass is 356 g/mol. The molecule has 0 unspecified atom stereocenters. The number of hydrogen-bond acceptors (Lipinski definition) is 5. The lowest BCUT2D eigenvalue weighted by atomic mass is 10.2. The van der Waals surface area contributed by atoms with Gasteiger partial charge in [0.2, 0.25) is 15.9 Å². The van der Waals surface area contributed by atoms with Gasteiger partial charge in [-0.1, -0.05) is 6.92 Å². The molecule has 2 rings (SSSR count). The van der Waals surface area contributed by atoms with Crippen molar-refractivity contribution in [1.29, 1.82) is 0 Å². The first-order chi connectivity index (χ1) is 11.3. The first-order valence-corrected chi connectivity index (χ1v) is 9.29. The molecule has 0 radical (unpaired) electrons. The summed E-state index contributed by atoms with van der Waals surface area (Å²) in [6, 6.07) is 3.15. The van der Waals surface area contributed by atoms with E-state index in [1.54, 1.807) is 17.9 Å². The molecule has 1 fully saturated rings. The average Bonchev–Trinajstić information content (AvgIpc) is 2.60. The van der Waals surface area contributed by atoms with Crippen molar-refractivity contribution < 1.29 is 22.7 Å². The number of piperazine rings is 1. The van der Waals surface area contributed by atoms with Crippen LogP contribution in [0.15, 0.2) is 17.0 Å². The summed E-state index contributed by atoms with van der Waals surface area (Å²) >= 11 is 0. The van der Waals surface area contributed by atoms with Crippen molar-refractivity contribution in [2.24, 2.45) is 0 Å². The Bertz CT molecular complexity index is 709. The van der Waals surface area contributed by atoms with Crippen molar-refractivity contribution in [2.45, 2.75) is 25.2 Å². The maximum Gasteiger partial charge on any atom is 0.247 e. The van der Waals surface area contributed by atoms with E-state index in [0.29, 0.717) is 31.0 Å². The lowest BCUT2D eigenvalue weighted by molar-refractivity contribution is -0.132. The molecule has 0 spiro atoms. The predicted molar refractivity (Wildman–Crippen MR) is 89.9 cm³/mol. The molecule has 0 N–H and O–H groups in total. The van der Waals surface area contributed by atoms with Gasteiger partial charge in [0.05, 0.1) is 14.2 Å². The standard InChI is InChI=1S/C16H24N2O5S/c1-5-16(19)17-6-8-18(9-7-17)24(20,21)15-11-13(22-3)12(2)10-14(15)23-4/h10-11H,5-9H2,1-4H3. The van der Waals surface area contributed by atoms with E-state index in [-0.39, 0.29) is 23.9 Å². The van der Waals surface area contributed by atoms with Gasteiger partial charge in [-0.2, -0.15) is 4.31 Å². The lowest BCUT2D eigenvalue weighted by Gasteiger charge is -2.34. The number of sulfonamides is 1. The fraction of sp³-hybridized carbons (Fsp3) is 0.562. The van der Waals surface area contributed by atoms with Crippen LogP contribution in [0.4, 0.5) is 0 Å². The highest BCUT2D eigenvalue weighted by molar-refractivity contribution is 7.89. The third-order valence-corrected chi connectivity index (χ3v) is 6.11. The van der Waals surface area contributed by atoms with Crippen LogP contribution in [0.2, 0.25) is 0 Å². The molecule has 134 valence electrons. The Morgan fingerprint density at radius 3 is 2.17 bits per heavy atom. The van der Waals surface area contributed by atoms with Gasteiger partial charge >= 0.3 is 0 Å². The molecule has 1 aliphatic rings. The predicted octanol–water partition coefficient (Wildman–Crippen LogP) is 1.26. The summed E-state index contributed by atoms with van der Waals surface area (Å²) in [5, 5.41) is 0. The van der Waals surface area contributed by atoms with Crippen LogP contribution in [0.3, 0.4) is 0 Å². The van der Waals surface area contributed by atoms with Crippen LogP contribution in [-0.2, 0) is 14.8 Å². The second-order valence-electron chi connectivity index (χ2n) is 5.61. The highest BCUT2D eigenvalue weighted by Crippen LogP contribution is 2.33. The number of methoxy groups -OCH3 is 2. The van der Waals surface area contributed by atoms with Crippen molar-refractivity contribution in [1.82, 2.24) is 9.21 Å². The van der Waals surface area contributed by atoms with Crippen molar-refractivity contribution in [3.63, 3.8) is 0 Å². The molecule has 24 heavy (non-hydrogen) atoms. The van der Waals surface area contributed by atoms with E-state index in [1.165, 1.54) is 24.6 Å². The maximum absolute atomic E-state index is 13.0. The zero-order chi connectivity index (χ0) is 17.9. The van der Waals surface area contributed by atoms with Gasteiger partial charge < -0.3 is 14.4 Å². The molecule has 1 aliphatic heterocycles. The van der Waals surface area contributed by atoms with Crippen molar-refractivity contribution >= 4 is 15.9 Å². The number of rotatable bonds is 5. The second-order valence-corrected chi connectivity index (χ2v) is 7.52. The van der Waals surface area contributed by atoms with E-state index in [0.717, 1.165) is 5.56 Å².